The van der Waals surface area contributed by atoms with E-state index in [1.165, 1.54) is 0 Å². The van der Waals surface area contributed by atoms with Crippen LogP contribution in [0.3, 0.4) is 0 Å². The van der Waals surface area contributed by atoms with Gasteiger partial charge in [-0.1, -0.05) is 12.1 Å². The van der Waals surface area contributed by atoms with Gasteiger partial charge in [0.15, 0.2) is 0 Å². The minimum absolute atomic E-state index is 0.312. The molecule has 1 aliphatic carbocycles. The van der Waals surface area contributed by atoms with Gasteiger partial charge in [0.05, 0.1) is 36.1 Å². The van der Waals surface area contributed by atoms with Crippen LogP contribution in [-0.2, 0) is 10.0 Å². The summed E-state index contributed by atoms with van der Waals surface area (Å²) in [6, 6.07) is 17.9. The smallest absolute Gasteiger partial charge is 0.227 e. The van der Waals surface area contributed by atoms with Gasteiger partial charge in [0.25, 0.3) is 0 Å². The highest BCUT2D eigenvalue weighted by Crippen LogP contribution is 2.45. The predicted octanol–water partition coefficient (Wildman–Crippen LogP) is 3.15. The average Bonchev–Trinajstić information content (AvgIpc) is 3.62. The zero-order chi connectivity index (χ0) is 24.2. The molecule has 3 aromatic rings. The molecule has 3 N–H and O–H groups in total. The number of aromatic nitrogens is 2. The first-order valence-electron chi connectivity index (χ1n) is 10.7. The van der Waals surface area contributed by atoms with Gasteiger partial charge in [-0.3, -0.25) is 0 Å². The molecular weight excluding hydrogens is 454 g/mol. The van der Waals surface area contributed by atoms with Crippen LogP contribution in [0.15, 0.2) is 60.8 Å². The average molecular weight is 480 g/mol. The van der Waals surface area contributed by atoms with Gasteiger partial charge >= 0.3 is 0 Å². The van der Waals surface area contributed by atoms with Gasteiger partial charge < -0.3 is 15.2 Å². The summed E-state index contributed by atoms with van der Waals surface area (Å²) >= 11 is 0. The molecule has 0 spiro atoms. The van der Waals surface area contributed by atoms with Crippen LogP contribution in [0.4, 0.5) is 11.6 Å². The van der Waals surface area contributed by atoms with Gasteiger partial charge in [-0.15, -0.1) is 0 Å². The molecule has 10 heteroatoms. The van der Waals surface area contributed by atoms with E-state index >= 15 is 0 Å². The third-order valence-electron chi connectivity index (χ3n) is 5.52. The van der Waals surface area contributed by atoms with Crippen molar-refractivity contribution in [1.29, 1.82) is 5.26 Å². The minimum Gasteiger partial charge on any atom is -0.492 e. The Bertz CT molecular complexity index is 1280. The van der Waals surface area contributed by atoms with Gasteiger partial charge in [-0.2, -0.15) is 5.26 Å². The lowest BCUT2D eigenvalue weighted by Gasteiger charge is -2.15. The molecule has 1 atom stereocenters. The van der Waals surface area contributed by atoms with E-state index in [-0.39, 0.29) is 12.0 Å². The summed E-state index contributed by atoms with van der Waals surface area (Å²) in [6.07, 6.45) is 4.49. The number of anilines is 2. The maximum Gasteiger partial charge on any atom is 0.227 e. The lowest BCUT2D eigenvalue weighted by molar-refractivity contribution is 0.259. The molecule has 1 heterocycles. The van der Waals surface area contributed by atoms with Crippen LogP contribution in [0, 0.1) is 16.7 Å². The van der Waals surface area contributed by atoms with Crippen LogP contribution in [0.1, 0.15) is 24.4 Å². The normalized spacial score (nSPS) is 15.2. The van der Waals surface area contributed by atoms with Crippen molar-refractivity contribution in [2.75, 3.05) is 24.8 Å². The van der Waals surface area contributed by atoms with Crippen molar-refractivity contribution in [3.05, 3.63) is 66.4 Å². The second-order valence-corrected chi connectivity index (χ2v) is 10.1. The van der Waals surface area contributed by atoms with Crippen molar-refractivity contribution in [2.45, 2.75) is 18.9 Å². The van der Waals surface area contributed by atoms with E-state index in [0.29, 0.717) is 29.6 Å². The number of nitrogens with zero attached hydrogens (tertiary/aromatic N) is 3. The number of rotatable bonds is 10. The van der Waals surface area contributed by atoms with Crippen molar-refractivity contribution < 1.29 is 18.3 Å². The third-order valence-corrected chi connectivity index (χ3v) is 6.23. The number of aliphatic hydroxyl groups is 1. The van der Waals surface area contributed by atoms with Crippen molar-refractivity contribution in [3.63, 3.8) is 0 Å². The Kier molecular flexibility index (Phi) is 6.79. The van der Waals surface area contributed by atoms with E-state index in [9.17, 15) is 13.5 Å². The van der Waals surface area contributed by atoms with E-state index in [0.717, 1.165) is 30.4 Å². The molecule has 176 valence electrons. The highest BCUT2D eigenvalue weighted by atomic mass is 32.2. The molecule has 2 aromatic carbocycles. The van der Waals surface area contributed by atoms with Gasteiger partial charge in [0, 0.05) is 17.4 Å². The molecule has 0 amide bonds. The fourth-order valence-corrected chi connectivity index (χ4v) is 4.09. The molecule has 1 aliphatic rings. The Morgan fingerprint density at radius 2 is 1.85 bits per heavy atom. The standard InChI is InChI=1S/C24H25N5O4S/c1-34(31,32)29-22(14-30)18-2-6-19(7-3-18)27-23-26-13-10-21(28-23)17-4-8-20(9-5-17)33-16-24(15-25)11-12-24/h2-10,13,22,29-30H,11-12,14,16H2,1H3,(H,26,27,28). The summed E-state index contributed by atoms with van der Waals surface area (Å²) < 4.78 is 31.1. The van der Waals surface area contributed by atoms with E-state index < -0.39 is 16.1 Å². The van der Waals surface area contributed by atoms with Crippen LogP contribution >= 0.6 is 0 Å². The monoisotopic (exact) mass is 479 g/mol. The van der Waals surface area contributed by atoms with Gasteiger partial charge in [0.2, 0.25) is 16.0 Å². The van der Waals surface area contributed by atoms with Crippen LogP contribution < -0.4 is 14.8 Å². The first kappa shape index (κ1) is 23.6. The molecule has 9 nitrogen and oxygen atoms in total. The summed E-state index contributed by atoms with van der Waals surface area (Å²) in [4.78, 5) is 8.82. The van der Waals surface area contributed by atoms with Crippen LogP contribution in [0.25, 0.3) is 11.3 Å². The molecule has 1 aromatic heterocycles. The maximum absolute atomic E-state index is 11.5. The Labute approximate surface area is 198 Å². The van der Waals surface area contributed by atoms with E-state index in [4.69, 9.17) is 10.00 Å². The molecule has 4 rings (SSSR count). The van der Waals surface area contributed by atoms with Crippen molar-refractivity contribution in [1.82, 2.24) is 14.7 Å². The van der Waals surface area contributed by atoms with Gasteiger partial charge in [0.1, 0.15) is 12.4 Å². The molecule has 0 bridgehead atoms. The zero-order valence-corrected chi connectivity index (χ0v) is 19.4. The zero-order valence-electron chi connectivity index (χ0n) is 18.6. The van der Waals surface area contributed by atoms with Crippen LogP contribution in [0.2, 0.25) is 0 Å². The lowest BCUT2D eigenvalue weighted by Crippen LogP contribution is -2.29. The number of hydrogen-bond donors (Lipinski definition) is 3. The summed E-state index contributed by atoms with van der Waals surface area (Å²) in [7, 11) is -3.45. The molecule has 1 saturated carbocycles. The molecule has 0 aliphatic heterocycles. The number of nitriles is 1. The summed E-state index contributed by atoms with van der Waals surface area (Å²) in [6.45, 7) is 0.0562. The Hall–Kier alpha value is -3.52. The van der Waals surface area contributed by atoms with Crippen molar-refractivity contribution in [2.24, 2.45) is 5.41 Å². The maximum atomic E-state index is 11.5. The molecule has 34 heavy (non-hydrogen) atoms. The van der Waals surface area contributed by atoms with Crippen LogP contribution in [0.5, 0.6) is 5.75 Å². The third kappa shape index (κ3) is 6.08. The van der Waals surface area contributed by atoms with E-state index in [1.54, 1.807) is 30.5 Å². The number of hydrogen-bond acceptors (Lipinski definition) is 8. The largest absolute Gasteiger partial charge is 0.492 e. The second-order valence-electron chi connectivity index (χ2n) is 8.34. The fourth-order valence-electron chi connectivity index (χ4n) is 3.36. The van der Waals surface area contributed by atoms with Crippen LogP contribution in [-0.4, -0.2) is 43.0 Å². The van der Waals surface area contributed by atoms with E-state index in [2.05, 4.69) is 26.1 Å². The highest BCUT2D eigenvalue weighted by Gasteiger charge is 2.44. The van der Waals surface area contributed by atoms with Crippen molar-refractivity contribution >= 4 is 21.7 Å². The fraction of sp³-hybridized carbons (Fsp3) is 0.292. The first-order valence-corrected chi connectivity index (χ1v) is 12.6. The number of ether oxygens (including phenoxy) is 1. The van der Waals surface area contributed by atoms with Crippen molar-refractivity contribution in [3.8, 4) is 23.1 Å². The minimum atomic E-state index is -3.45. The topological polar surface area (TPSA) is 137 Å². The number of nitrogens with one attached hydrogen (secondary N) is 2. The molecule has 0 saturated heterocycles. The number of benzene rings is 2. The lowest BCUT2D eigenvalue weighted by atomic mass is 10.1. The van der Waals surface area contributed by atoms with Gasteiger partial charge in [-0.25, -0.2) is 23.1 Å². The summed E-state index contributed by atoms with van der Waals surface area (Å²) in [5, 5.41) is 21.8. The Morgan fingerprint density at radius 1 is 1.15 bits per heavy atom. The quantitative estimate of drug-likeness (QED) is 0.403. The van der Waals surface area contributed by atoms with E-state index in [1.807, 2.05) is 30.3 Å². The SMILES string of the molecule is CS(=O)(=O)NC(CO)c1ccc(Nc2nccc(-c3ccc(OCC4(C#N)CC4)cc3)n2)cc1. The number of aliphatic hydroxyl groups excluding tert-OH is 1. The Balaban J connectivity index is 1.41. The highest BCUT2D eigenvalue weighted by molar-refractivity contribution is 7.88. The molecule has 1 unspecified atom stereocenters. The molecular formula is C24H25N5O4S. The summed E-state index contributed by atoms with van der Waals surface area (Å²) in [5.41, 5.74) is 2.67. The molecule has 0 radical (unpaired) electrons. The van der Waals surface area contributed by atoms with Gasteiger partial charge in [-0.05, 0) is 60.9 Å². The second kappa shape index (κ2) is 9.77. The summed E-state index contributed by atoms with van der Waals surface area (Å²) in [5.74, 6) is 1.12. The predicted molar refractivity (Wildman–Crippen MR) is 128 cm³/mol. The molecule has 1 fully saturated rings. The number of sulfonamides is 1. The first-order chi connectivity index (χ1) is 16.3. The Morgan fingerprint density at radius 3 is 2.44 bits per heavy atom.